The van der Waals surface area contributed by atoms with Crippen molar-refractivity contribution in [1.82, 2.24) is 20.4 Å². The summed E-state index contributed by atoms with van der Waals surface area (Å²) in [5.41, 5.74) is 1.09. The summed E-state index contributed by atoms with van der Waals surface area (Å²) >= 11 is 0. The maximum atomic E-state index is 11.6. The van der Waals surface area contributed by atoms with Gasteiger partial charge >= 0.3 is 0 Å². The molecule has 96 valence electrons. The van der Waals surface area contributed by atoms with Crippen molar-refractivity contribution in [1.29, 1.82) is 0 Å². The van der Waals surface area contributed by atoms with Crippen LogP contribution < -0.4 is 10.6 Å². The van der Waals surface area contributed by atoms with E-state index in [1.807, 2.05) is 13.2 Å². The summed E-state index contributed by atoms with van der Waals surface area (Å²) in [6, 6.07) is 0.294. The summed E-state index contributed by atoms with van der Waals surface area (Å²) in [6.45, 7) is 5.19. The molecule has 0 radical (unpaired) electrons. The first kappa shape index (κ1) is 13.7. The van der Waals surface area contributed by atoms with Crippen LogP contribution in [0.3, 0.4) is 0 Å². The molecular weight excluding hydrogens is 216 g/mol. The molecule has 0 aliphatic carbocycles. The number of rotatable bonds is 7. The molecule has 0 atom stereocenters. The topological polar surface area (TPSA) is 59.0 Å². The molecule has 0 saturated carbocycles. The van der Waals surface area contributed by atoms with Crippen LogP contribution in [0.15, 0.2) is 12.4 Å². The second-order valence-corrected chi connectivity index (χ2v) is 4.21. The Morgan fingerprint density at radius 3 is 2.71 bits per heavy atom. The highest BCUT2D eigenvalue weighted by Crippen LogP contribution is 1.96. The van der Waals surface area contributed by atoms with Gasteiger partial charge in [-0.15, -0.1) is 0 Å². The first-order chi connectivity index (χ1) is 8.15. The van der Waals surface area contributed by atoms with Crippen LogP contribution in [0, 0.1) is 0 Å². The van der Waals surface area contributed by atoms with E-state index in [0.717, 1.165) is 18.4 Å². The molecule has 1 heterocycles. The molecule has 5 heteroatoms. The monoisotopic (exact) mass is 238 g/mol. The molecule has 17 heavy (non-hydrogen) atoms. The van der Waals surface area contributed by atoms with Crippen LogP contribution in [0.1, 0.15) is 32.3 Å². The second kappa shape index (κ2) is 7.06. The van der Waals surface area contributed by atoms with Crippen LogP contribution in [-0.4, -0.2) is 28.3 Å². The Morgan fingerprint density at radius 2 is 2.18 bits per heavy atom. The zero-order chi connectivity index (χ0) is 12.7. The molecule has 1 amide bonds. The van der Waals surface area contributed by atoms with E-state index in [-0.39, 0.29) is 5.91 Å². The van der Waals surface area contributed by atoms with Crippen molar-refractivity contribution in [3.8, 4) is 0 Å². The van der Waals surface area contributed by atoms with Gasteiger partial charge in [-0.3, -0.25) is 9.48 Å². The number of hydrogen-bond acceptors (Lipinski definition) is 3. The smallest absolute Gasteiger partial charge is 0.234 e. The minimum atomic E-state index is 0.0580. The highest BCUT2D eigenvalue weighted by molar-refractivity contribution is 5.78. The molecular formula is C12H22N4O. The fourth-order valence-electron chi connectivity index (χ4n) is 1.66. The second-order valence-electron chi connectivity index (χ2n) is 4.21. The largest absolute Gasteiger partial charge is 0.352 e. The van der Waals surface area contributed by atoms with Crippen molar-refractivity contribution in [2.45, 2.75) is 39.3 Å². The van der Waals surface area contributed by atoms with Crippen LogP contribution in [0.5, 0.6) is 0 Å². The van der Waals surface area contributed by atoms with Crippen molar-refractivity contribution >= 4 is 5.91 Å². The first-order valence-electron chi connectivity index (χ1n) is 6.13. The molecule has 0 aliphatic heterocycles. The van der Waals surface area contributed by atoms with Crippen LogP contribution >= 0.6 is 0 Å². The lowest BCUT2D eigenvalue weighted by Crippen LogP contribution is -2.39. The lowest BCUT2D eigenvalue weighted by Gasteiger charge is -2.14. The van der Waals surface area contributed by atoms with Crippen molar-refractivity contribution in [2.75, 3.05) is 6.54 Å². The number of nitrogens with one attached hydrogen (secondary N) is 2. The Labute approximate surface area is 103 Å². The fourth-order valence-corrected chi connectivity index (χ4v) is 1.66. The lowest BCUT2D eigenvalue weighted by atomic mass is 10.2. The standard InChI is InChI=1S/C12H22N4O/c1-4-11(5-2)15-12(17)8-13-6-10-7-14-16(3)9-10/h7,9,11,13H,4-6,8H2,1-3H3,(H,15,17). The minimum absolute atomic E-state index is 0.0580. The zero-order valence-corrected chi connectivity index (χ0v) is 10.9. The molecule has 1 aromatic rings. The van der Waals surface area contributed by atoms with Crippen molar-refractivity contribution in [2.24, 2.45) is 7.05 Å². The third-order valence-electron chi connectivity index (χ3n) is 2.72. The van der Waals surface area contributed by atoms with Gasteiger partial charge in [0.15, 0.2) is 0 Å². The van der Waals surface area contributed by atoms with E-state index in [2.05, 4.69) is 29.6 Å². The maximum Gasteiger partial charge on any atom is 0.234 e. The van der Waals surface area contributed by atoms with Gasteiger partial charge in [-0.1, -0.05) is 13.8 Å². The SMILES string of the molecule is CCC(CC)NC(=O)CNCc1cnn(C)c1. The Balaban J connectivity index is 2.20. The van der Waals surface area contributed by atoms with E-state index in [1.54, 1.807) is 10.9 Å². The average molecular weight is 238 g/mol. The summed E-state index contributed by atoms with van der Waals surface area (Å²) in [5, 5.41) is 10.2. The summed E-state index contributed by atoms with van der Waals surface area (Å²) in [5.74, 6) is 0.0580. The number of carbonyl (C=O) groups excluding carboxylic acids is 1. The summed E-state index contributed by atoms with van der Waals surface area (Å²) < 4.78 is 1.75. The van der Waals surface area contributed by atoms with Gasteiger partial charge in [0.2, 0.25) is 5.91 Å². The van der Waals surface area contributed by atoms with Crippen LogP contribution in [-0.2, 0) is 18.4 Å². The number of nitrogens with zero attached hydrogens (tertiary/aromatic N) is 2. The summed E-state index contributed by atoms with van der Waals surface area (Å²) in [4.78, 5) is 11.6. The van der Waals surface area contributed by atoms with Gasteiger partial charge in [0.05, 0.1) is 12.7 Å². The zero-order valence-electron chi connectivity index (χ0n) is 10.9. The van der Waals surface area contributed by atoms with Gasteiger partial charge in [-0.05, 0) is 12.8 Å². The maximum absolute atomic E-state index is 11.6. The van der Waals surface area contributed by atoms with Gasteiger partial charge < -0.3 is 10.6 Å². The van der Waals surface area contributed by atoms with Gasteiger partial charge in [-0.25, -0.2) is 0 Å². The molecule has 0 saturated heterocycles. The molecule has 0 fully saturated rings. The Morgan fingerprint density at radius 1 is 1.47 bits per heavy atom. The first-order valence-corrected chi connectivity index (χ1v) is 6.13. The van der Waals surface area contributed by atoms with E-state index in [1.165, 1.54) is 0 Å². The average Bonchev–Trinajstić information content (AvgIpc) is 2.72. The van der Waals surface area contributed by atoms with Crippen LogP contribution in [0.4, 0.5) is 0 Å². The Bertz CT molecular complexity index is 344. The Hall–Kier alpha value is -1.36. The molecule has 2 N–H and O–H groups in total. The molecule has 0 spiro atoms. The molecule has 0 bridgehead atoms. The third kappa shape index (κ3) is 4.99. The number of amides is 1. The highest BCUT2D eigenvalue weighted by atomic mass is 16.1. The van der Waals surface area contributed by atoms with E-state index >= 15 is 0 Å². The van der Waals surface area contributed by atoms with Crippen molar-refractivity contribution < 1.29 is 4.79 Å². The van der Waals surface area contributed by atoms with Gasteiger partial charge in [0.25, 0.3) is 0 Å². The van der Waals surface area contributed by atoms with Crippen LogP contribution in [0.25, 0.3) is 0 Å². The lowest BCUT2D eigenvalue weighted by molar-refractivity contribution is -0.121. The third-order valence-corrected chi connectivity index (χ3v) is 2.72. The quantitative estimate of drug-likeness (QED) is 0.739. The van der Waals surface area contributed by atoms with E-state index in [4.69, 9.17) is 0 Å². The van der Waals surface area contributed by atoms with Crippen LogP contribution in [0.2, 0.25) is 0 Å². The molecule has 1 aromatic heterocycles. The summed E-state index contributed by atoms with van der Waals surface area (Å²) in [6.07, 6.45) is 5.69. The molecule has 0 aromatic carbocycles. The number of hydrogen-bond donors (Lipinski definition) is 2. The number of aromatic nitrogens is 2. The molecule has 0 aliphatic rings. The number of carbonyl (C=O) groups is 1. The fraction of sp³-hybridized carbons (Fsp3) is 0.667. The van der Waals surface area contributed by atoms with Gasteiger partial charge in [-0.2, -0.15) is 5.10 Å². The predicted molar refractivity (Wildman–Crippen MR) is 67.4 cm³/mol. The minimum Gasteiger partial charge on any atom is -0.352 e. The molecule has 1 rings (SSSR count). The van der Waals surface area contributed by atoms with Crippen molar-refractivity contribution in [3.05, 3.63) is 18.0 Å². The van der Waals surface area contributed by atoms with E-state index in [0.29, 0.717) is 19.1 Å². The van der Waals surface area contributed by atoms with Gasteiger partial charge in [0.1, 0.15) is 0 Å². The Kier molecular flexibility index (Phi) is 5.69. The molecule has 5 nitrogen and oxygen atoms in total. The normalized spacial score (nSPS) is 10.8. The van der Waals surface area contributed by atoms with Gasteiger partial charge in [0, 0.05) is 31.4 Å². The van der Waals surface area contributed by atoms with Crippen molar-refractivity contribution in [3.63, 3.8) is 0 Å². The molecule has 0 unspecified atom stereocenters. The van der Waals surface area contributed by atoms with E-state index < -0.39 is 0 Å². The van der Waals surface area contributed by atoms with E-state index in [9.17, 15) is 4.79 Å². The summed E-state index contributed by atoms with van der Waals surface area (Å²) in [7, 11) is 1.88. The highest BCUT2D eigenvalue weighted by Gasteiger charge is 2.07. The number of aryl methyl sites for hydroxylation is 1. The predicted octanol–water partition coefficient (Wildman–Crippen LogP) is 0.814.